The molecule has 0 bridgehead atoms. The second-order valence-corrected chi connectivity index (χ2v) is 30.4. The molecule has 2 aliphatic heterocycles. The molecule has 2 saturated heterocycles. The van der Waals surface area contributed by atoms with Gasteiger partial charge in [0.2, 0.25) is 59.1 Å². The maximum absolute atomic E-state index is 15.5. The smallest absolute Gasteiger partial charge is 0.319 e. The summed E-state index contributed by atoms with van der Waals surface area (Å²) in [6, 6.07) is 20.9. The minimum Gasteiger partial charge on any atom is -0.395 e. The number of fused-ring (bicyclic) bond motifs is 1. The van der Waals surface area contributed by atoms with E-state index in [0.29, 0.717) is 97.2 Å². The maximum Gasteiger partial charge on any atom is 0.319 e. The molecule has 0 saturated carbocycles. The van der Waals surface area contributed by atoms with Gasteiger partial charge >= 0.3 is 12.1 Å². The van der Waals surface area contributed by atoms with Crippen molar-refractivity contribution in [3.05, 3.63) is 178 Å². The average molecular weight is 1620 g/mol. The zero-order chi connectivity index (χ0) is 83.8. The van der Waals surface area contributed by atoms with Crippen molar-refractivity contribution < 1.29 is 72.5 Å². The number of likely N-dealkylation sites (tertiary alicyclic amines) is 1. The molecule has 624 valence electrons. The Morgan fingerprint density at radius 2 is 1.03 bits per heavy atom. The van der Waals surface area contributed by atoms with Gasteiger partial charge in [0.25, 0.3) is 0 Å². The first-order valence-corrected chi connectivity index (χ1v) is 39.7. The van der Waals surface area contributed by atoms with Crippen molar-refractivity contribution in [3.8, 4) is 0 Å². The summed E-state index contributed by atoms with van der Waals surface area (Å²) in [7, 11) is 0. The number of aliphatic hydroxyl groups is 2. The van der Waals surface area contributed by atoms with Gasteiger partial charge in [0, 0.05) is 94.0 Å². The van der Waals surface area contributed by atoms with Crippen LogP contribution in [0, 0.1) is 5.92 Å². The molecule has 2 fully saturated rings. The number of nitrogens with two attached hydrogens (primary N) is 2. The molecule has 3 heterocycles. The Kier molecular flexibility index (Phi) is 35.7. The molecule has 5 aromatic carbocycles. The Morgan fingerprint density at radius 3 is 1.57 bits per heavy atom. The first-order valence-electron chi connectivity index (χ1n) is 39.3. The van der Waals surface area contributed by atoms with E-state index in [0.717, 1.165) is 16.3 Å². The van der Waals surface area contributed by atoms with Crippen molar-refractivity contribution in [2.75, 3.05) is 64.5 Å². The number of hydrogen-bond acceptors (Lipinski definition) is 18. The first-order chi connectivity index (χ1) is 55.6. The summed E-state index contributed by atoms with van der Waals surface area (Å²) >= 11 is 6.27. The van der Waals surface area contributed by atoms with Gasteiger partial charge in [-0.25, -0.2) is 9.59 Å². The topological polar surface area (TPSA) is 470 Å². The van der Waals surface area contributed by atoms with Gasteiger partial charge in [-0.3, -0.25) is 57.8 Å². The molecular formula is C83H110ClN17O15. The van der Waals surface area contributed by atoms with Gasteiger partial charge in [-0.15, -0.1) is 0 Å². The number of morpholine rings is 1. The molecular weight excluding hydrogens is 1510 g/mol. The SMILES string of the molecule is CC(C)C[C@H](NC(=O)[C@@H](Cc1ccc(NC(=O)NCCO)cc1)NC(=O)[C@H](Cc1ccc(CN2CCOCC2)cc1)NC(=O)[C@H](CO)NC(=O)[C@@H](Cc1cccnc1)NC(=O)[C@@H](Cc1ccc(Cl)cc1)NC(=O)[C@@H](Cc1ccc2ccccc2c1)NC(N)=O)C(=O)N[C@@H](CCCCNC(C)C)C(=O)N1CCC[C@H]1C(=O)N[C@H](C)C(N)=O. The largest absolute Gasteiger partial charge is 0.395 e. The van der Waals surface area contributed by atoms with Crippen LogP contribution in [0.1, 0.15) is 107 Å². The van der Waals surface area contributed by atoms with E-state index in [-0.39, 0.29) is 83.0 Å². The molecule has 0 unspecified atom stereocenters. The minimum absolute atomic E-state index is 0.0155. The number of primary amides is 2. The lowest BCUT2D eigenvalue weighted by molar-refractivity contribution is -0.142. The number of anilines is 1. The van der Waals surface area contributed by atoms with Crippen molar-refractivity contribution in [1.82, 2.24) is 73.3 Å². The number of pyridine rings is 1. The Hall–Kier alpha value is -11.2. The first kappa shape index (κ1) is 90.4. The van der Waals surface area contributed by atoms with Gasteiger partial charge in [-0.1, -0.05) is 136 Å². The second-order valence-electron chi connectivity index (χ2n) is 29.9. The van der Waals surface area contributed by atoms with Crippen LogP contribution in [-0.4, -0.2) is 222 Å². The van der Waals surface area contributed by atoms with Crippen LogP contribution in [0.25, 0.3) is 10.8 Å². The predicted molar refractivity (Wildman–Crippen MR) is 436 cm³/mol. The summed E-state index contributed by atoms with van der Waals surface area (Å²) in [5, 5.41) is 55.6. The van der Waals surface area contributed by atoms with E-state index in [1.54, 1.807) is 66.7 Å². The molecule has 0 radical (unpaired) electrons. The number of carbonyl (C=O) groups excluding carboxylic acids is 12. The van der Waals surface area contributed by atoms with E-state index in [9.17, 15) is 43.8 Å². The molecule has 1 aromatic heterocycles. The fourth-order valence-electron chi connectivity index (χ4n) is 13.6. The van der Waals surface area contributed by atoms with E-state index in [2.05, 4.69) is 73.7 Å². The fraction of sp³-hybridized carbons (Fsp3) is 0.458. The summed E-state index contributed by atoms with van der Waals surface area (Å²) in [5.41, 5.74) is 14.9. The number of carbonyl (C=O) groups is 12. The van der Waals surface area contributed by atoms with Crippen LogP contribution in [0.2, 0.25) is 5.02 Å². The number of aliphatic hydroxyl groups excluding tert-OH is 2. The zero-order valence-corrected chi connectivity index (χ0v) is 66.9. The normalized spacial score (nSPS) is 15.8. The third-order valence-corrected chi connectivity index (χ3v) is 20.1. The van der Waals surface area contributed by atoms with E-state index in [4.69, 9.17) is 27.8 Å². The Morgan fingerprint density at radius 1 is 0.526 bits per heavy atom. The van der Waals surface area contributed by atoms with Gasteiger partial charge in [0.15, 0.2) is 0 Å². The number of nitrogens with zero attached hydrogens (tertiary/aromatic N) is 3. The lowest BCUT2D eigenvalue weighted by Crippen LogP contribution is -2.62. The van der Waals surface area contributed by atoms with Gasteiger partial charge in [0.1, 0.15) is 60.4 Å². The number of rotatable bonds is 43. The van der Waals surface area contributed by atoms with E-state index in [1.807, 2.05) is 76.2 Å². The van der Waals surface area contributed by atoms with Crippen LogP contribution in [0.15, 0.2) is 140 Å². The van der Waals surface area contributed by atoms with Crippen LogP contribution in [0.5, 0.6) is 0 Å². The quantitative estimate of drug-likeness (QED) is 0.0243. The standard InChI is InChI=1S/C83H110ClN17O15/c1-50(2)40-64(73(105)92-63(15-8-9-32-88-51(3)4)81(113)101-34-11-16-71(101)80(112)90-52(5)72(85)104)93-74(106)66(44-55-24-29-62(30-25-55)91-83(115)89-33-37-102)94-76(108)67(42-53-17-19-56(20-18-53)48-100-35-38-116-39-36-100)97-79(111)70(49-103)98-77(109)68(46-58-12-10-31-87-47-58)96-75(107)65(43-54-22-27-61(84)28-23-54)95-78(110)69(99-82(86)114)45-57-21-26-59-13-6-7-14-60(59)41-57/h6-7,10,12-14,17-31,41,47,50-52,63-71,88,102-103H,8-9,11,15-16,32-40,42-46,48-49H2,1-5H3,(H2,85,104)(H,90,112)(H,92,105)(H,93,106)(H,94,108)(H,95,110)(H,96,107)(H,97,111)(H,98,109)(H3,86,99,114)(H2,89,91,115)/t52-,63+,64+,65-,66-,67+,68-,69-,70+,71+/m1/s1. The Labute approximate surface area is 680 Å². The third kappa shape index (κ3) is 29.3. The summed E-state index contributed by atoms with van der Waals surface area (Å²) in [4.78, 5) is 179. The molecule has 8 rings (SSSR count). The number of unbranched alkanes of at least 4 members (excludes halogenated alkanes) is 1. The van der Waals surface area contributed by atoms with Crippen molar-refractivity contribution in [2.45, 2.75) is 178 Å². The molecule has 0 aliphatic carbocycles. The van der Waals surface area contributed by atoms with Crippen molar-refractivity contribution >= 4 is 99.2 Å². The van der Waals surface area contributed by atoms with Gasteiger partial charge in [-0.05, 0) is 132 Å². The van der Waals surface area contributed by atoms with Crippen LogP contribution < -0.4 is 75.3 Å². The van der Waals surface area contributed by atoms with Gasteiger partial charge < -0.3 is 95.1 Å². The summed E-state index contributed by atoms with van der Waals surface area (Å²) < 4.78 is 5.56. The lowest BCUT2D eigenvalue weighted by Gasteiger charge is -2.31. The predicted octanol–water partition coefficient (Wildman–Crippen LogP) is 1.97. The highest BCUT2D eigenvalue weighted by Crippen LogP contribution is 2.23. The highest BCUT2D eigenvalue weighted by molar-refractivity contribution is 6.30. The fourth-order valence-corrected chi connectivity index (χ4v) is 13.7. The average Bonchev–Trinajstić information content (AvgIpc) is 1.34. The van der Waals surface area contributed by atoms with Crippen LogP contribution in [0.4, 0.5) is 15.3 Å². The maximum atomic E-state index is 15.5. The second kappa shape index (κ2) is 45.8. The zero-order valence-electron chi connectivity index (χ0n) is 66.1. The van der Waals surface area contributed by atoms with Crippen LogP contribution in [-0.2, 0) is 91.3 Å². The summed E-state index contributed by atoms with van der Waals surface area (Å²) in [5.74, 6) is -8.57. The number of hydrogen-bond donors (Lipinski definition) is 16. The highest BCUT2D eigenvalue weighted by atomic mass is 35.5. The van der Waals surface area contributed by atoms with Crippen LogP contribution >= 0.6 is 11.6 Å². The lowest BCUT2D eigenvalue weighted by atomic mass is 9.99. The van der Waals surface area contributed by atoms with Gasteiger partial charge in [-0.2, -0.15) is 0 Å². The van der Waals surface area contributed by atoms with E-state index >= 15 is 24.0 Å². The van der Waals surface area contributed by atoms with Crippen molar-refractivity contribution in [3.63, 3.8) is 0 Å². The molecule has 0 spiro atoms. The van der Waals surface area contributed by atoms with E-state index < -0.39 is 138 Å². The summed E-state index contributed by atoms with van der Waals surface area (Å²) in [6.07, 6.45) is 3.86. The number of amides is 14. The van der Waals surface area contributed by atoms with Crippen LogP contribution in [0.3, 0.4) is 0 Å². The molecule has 18 N–H and O–H groups in total. The number of nitrogens with one attached hydrogen (secondary N) is 12. The molecule has 14 amide bonds. The number of benzene rings is 5. The highest BCUT2D eigenvalue weighted by Gasteiger charge is 2.41. The molecule has 2 aliphatic rings. The molecule has 10 atom stereocenters. The van der Waals surface area contributed by atoms with E-state index in [1.165, 1.54) is 36.4 Å². The molecule has 33 heteroatoms. The molecule has 32 nitrogen and oxygen atoms in total. The number of urea groups is 2. The third-order valence-electron chi connectivity index (χ3n) is 19.8. The number of aromatic nitrogens is 1. The van der Waals surface area contributed by atoms with Gasteiger partial charge in [0.05, 0.1) is 26.4 Å². The summed E-state index contributed by atoms with van der Waals surface area (Å²) in [6.45, 7) is 11.5. The Bertz CT molecular complexity index is 4290. The Balaban J connectivity index is 1.09. The van der Waals surface area contributed by atoms with Crippen molar-refractivity contribution in [1.29, 1.82) is 0 Å². The minimum atomic E-state index is -1.85. The number of halogens is 1. The van der Waals surface area contributed by atoms with Crippen molar-refractivity contribution in [2.24, 2.45) is 17.4 Å². The monoisotopic (exact) mass is 1620 g/mol. The molecule has 116 heavy (non-hydrogen) atoms. The number of ether oxygens (including phenoxy) is 1. The molecule has 6 aromatic rings.